The van der Waals surface area contributed by atoms with Crippen molar-refractivity contribution in [1.82, 2.24) is 20.0 Å². The van der Waals surface area contributed by atoms with Crippen LogP contribution in [0.5, 0.6) is 0 Å². The number of hydrogen-bond acceptors (Lipinski definition) is 5. The second-order valence-electron chi connectivity index (χ2n) is 5.49. The van der Waals surface area contributed by atoms with E-state index >= 15 is 0 Å². The van der Waals surface area contributed by atoms with Crippen LogP contribution < -0.4 is 16.5 Å². The van der Waals surface area contributed by atoms with Gasteiger partial charge in [0, 0.05) is 18.7 Å². The van der Waals surface area contributed by atoms with Gasteiger partial charge in [0.05, 0.1) is 10.0 Å². The van der Waals surface area contributed by atoms with E-state index < -0.39 is 5.69 Å². The average Bonchev–Trinajstić information content (AvgIpc) is 2.64. The Balaban J connectivity index is 1.87. The molecule has 0 spiro atoms. The molecule has 0 radical (unpaired) electrons. The second-order valence-corrected chi connectivity index (χ2v) is 6.31. The molecule has 0 aliphatic carbocycles. The van der Waals surface area contributed by atoms with Crippen LogP contribution in [-0.4, -0.2) is 14.5 Å². The van der Waals surface area contributed by atoms with Crippen molar-refractivity contribution in [2.24, 2.45) is 0 Å². The van der Waals surface area contributed by atoms with Crippen molar-refractivity contribution in [1.29, 1.82) is 0 Å². The predicted octanol–water partition coefficient (Wildman–Crippen LogP) is 3.75. The van der Waals surface area contributed by atoms with Gasteiger partial charge in [-0.15, -0.1) is 0 Å². The fraction of sp³-hybridized carbons (Fsp3) is 0.167. The van der Waals surface area contributed by atoms with Crippen molar-refractivity contribution in [2.75, 3.05) is 5.43 Å². The molecule has 0 atom stereocenters. The highest BCUT2D eigenvalue weighted by Gasteiger charge is 2.12. The number of rotatable bonds is 6. The third kappa shape index (κ3) is 4.22. The molecule has 6 nitrogen and oxygen atoms in total. The Hall–Kier alpha value is -2.41. The van der Waals surface area contributed by atoms with Crippen LogP contribution in [0.4, 0.5) is 5.95 Å². The Morgan fingerprint density at radius 1 is 1.04 bits per heavy atom. The van der Waals surface area contributed by atoms with Crippen molar-refractivity contribution < 1.29 is 0 Å². The molecule has 1 aromatic heterocycles. The maximum Gasteiger partial charge on any atom is 0.352 e. The molecular weight excluding hydrogens is 373 g/mol. The molecule has 8 heteroatoms. The summed E-state index contributed by atoms with van der Waals surface area (Å²) in [6.45, 7) is 2.85. The molecular formula is C18H17Cl2N5O. The van der Waals surface area contributed by atoms with Crippen LogP contribution in [0, 0.1) is 0 Å². The van der Waals surface area contributed by atoms with Crippen LogP contribution in [0.1, 0.15) is 12.5 Å². The number of benzene rings is 2. The van der Waals surface area contributed by atoms with Gasteiger partial charge in [-0.2, -0.15) is 9.97 Å². The third-order valence-electron chi connectivity index (χ3n) is 3.73. The molecule has 3 aromatic rings. The lowest BCUT2D eigenvalue weighted by Crippen LogP contribution is -2.30. The Kier molecular flexibility index (Phi) is 5.88. The fourth-order valence-corrected chi connectivity index (χ4v) is 2.74. The number of aromatic nitrogens is 3. The van der Waals surface area contributed by atoms with E-state index in [1.54, 1.807) is 18.2 Å². The van der Waals surface area contributed by atoms with Crippen molar-refractivity contribution in [3.05, 3.63) is 74.6 Å². The lowest BCUT2D eigenvalue weighted by molar-refractivity contribution is 0.679. The molecule has 26 heavy (non-hydrogen) atoms. The number of nitrogens with one attached hydrogen (secondary N) is 2. The van der Waals surface area contributed by atoms with Crippen LogP contribution in [0.25, 0.3) is 11.4 Å². The van der Waals surface area contributed by atoms with E-state index in [4.69, 9.17) is 23.2 Å². The van der Waals surface area contributed by atoms with Crippen molar-refractivity contribution in [3.63, 3.8) is 0 Å². The van der Waals surface area contributed by atoms with Crippen LogP contribution in [-0.2, 0) is 13.1 Å². The number of nitrogens with zero attached hydrogens (tertiary/aromatic N) is 3. The molecule has 0 saturated carbocycles. The van der Waals surface area contributed by atoms with Gasteiger partial charge in [0.25, 0.3) is 0 Å². The first-order valence-electron chi connectivity index (χ1n) is 8.05. The molecule has 2 aromatic carbocycles. The molecule has 0 amide bonds. The third-order valence-corrected chi connectivity index (χ3v) is 4.47. The minimum absolute atomic E-state index is 0.191. The van der Waals surface area contributed by atoms with Gasteiger partial charge >= 0.3 is 5.69 Å². The van der Waals surface area contributed by atoms with Crippen molar-refractivity contribution >= 4 is 29.2 Å². The van der Waals surface area contributed by atoms with E-state index in [0.29, 0.717) is 34.5 Å². The average molecular weight is 390 g/mol. The van der Waals surface area contributed by atoms with Gasteiger partial charge in [0.2, 0.25) is 5.95 Å². The highest BCUT2D eigenvalue weighted by Crippen LogP contribution is 2.27. The largest absolute Gasteiger partial charge is 0.352 e. The van der Waals surface area contributed by atoms with Gasteiger partial charge in [-0.25, -0.2) is 10.2 Å². The maximum atomic E-state index is 12.3. The van der Waals surface area contributed by atoms with Crippen LogP contribution in [0.2, 0.25) is 10.0 Å². The minimum atomic E-state index is -0.396. The van der Waals surface area contributed by atoms with Gasteiger partial charge in [0.1, 0.15) is 5.82 Å². The Labute approximate surface area is 160 Å². The number of anilines is 1. The Bertz CT molecular complexity index is 960. The van der Waals surface area contributed by atoms with Crippen LogP contribution in [0.15, 0.2) is 53.3 Å². The summed E-state index contributed by atoms with van der Waals surface area (Å²) >= 11 is 12.1. The summed E-state index contributed by atoms with van der Waals surface area (Å²) in [4.78, 5) is 20.8. The van der Waals surface area contributed by atoms with Crippen molar-refractivity contribution in [3.8, 4) is 11.4 Å². The molecule has 2 N–H and O–H groups in total. The van der Waals surface area contributed by atoms with Crippen molar-refractivity contribution in [2.45, 2.75) is 20.0 Å². The van der Waals surface area contributed by atoms with Gasteiger partial charge in [0.15, 0.2) is 0 Å². The SMILES string of the molecule is CCn1c(-c2ccc(Cl)c(Cl)c2)nc(NNCc2ccccc2)nc1=O. The highest BCUT2D eigenvalue weighted by atomic mass is 35.5. The van der Waals surface area contributed by atoms with E-state index in [0.717, 1.165) is 5.56 Å². The molecule has 0 aliphatic heterocycles. The predicted molar refractivity (Wildman–Crippen MR) is 104 cm³/mol. The topological polar surface area (TPSA) is 71.8 Å². The summed E-state index contributed by atoms with van der Waals surface area (Å²) in [5.74, 6) is 0.659. The van der Waals surface area contributed by atoms with Gasteiger partial charge in [-0.05, 0) is 30.7 Å². The van der Waals surface area contributed by atoms with Crippen LogP contribution >= 0.6 is 23.2 Å². The monoisotopic (exact) mass is 389 g/mol. The Morgan fingerprint density at radius 2 is 1.81 bits per heavy atom. The van der Waals surface area contributed by atoms with E-state index in [9.17, 15) is 4.79 Å². The molecule has 1 heterocycles. The van der Waals surface area contributed by atoms with E-state index in [1.165, 1.54) is 4.57 Å². The van der Waals surface area contributed by atoms with E-state index in [-0.39, 0.29) is 5.95 Å². The molecule has 0 unspecified atom stereocenters. The molecule has 0 bridgehead atoms. The molecule has 0 saturated heterocycles. The summed E-state index contributed by atoms with van der Waals surface area (Å²) in [5.41, 5.74) is 7.27. The number of hydrazine groups is 1. The summed E-state index contributed by atoms with van der Waals surface area (Å²) in [6, 6.07) is 15.0. The second kappa shape index (κ2) is 8.31. The fourth-order valence-electron chi connectivity index (χ4n) is 2.44. The quantitative estimate of drug-likeness (QED) is 0.628. The maximum absolute atomic E-state index is 12.3. The molecule has 0 fully saturated rings. The first-order chi connectivity index (χ1) is 12.6. The minimum Gasteiger partial charge on any atom is -0.289 e. The molecule has 134 valence electrons. The van der Waals surface area contributed by atoms with Gasteiger partial charge in [-0.3, -0.25) is 9.99 Å². The van der Waals surface area contributed by atoms with E-state index in [1.807, 2.05) is 37.3 Å². The zero-order valence-corrected chi connectivity index (χ0v) is 15.6. The number of halogens is 2. The summed E-state index contributed by atoms with van der Waals surface area (Å²) in [7, 11) is 0. The first kappa shape index (κ1) is 18.4. The summed E-state index contributed by atoms with van der Waals surface area (Å²) < 4.78 is 1.47. The number of hydrogen-bond donors (Lipinski definition) is 2. The highest BCUT2D eigenvalue weighted by molar-refractivity contribution is 6.42. The Morgan fingerprint density at radius 3 is 2.50 bits per heavy atom. The zero-order chi connectivity index (χ0) is 18.5. The molecule has 0 aliphatic rings. The normalized spacial score (nSPS) is 10.7. The summed E-state index contributed by atoms with van der Waals surface area (Å²) in [5, 5.41) is 0.840. The lowest BCUT2D eigenvalue weighted by Gasteiger charge is -2.13. The van der Waals surface area contributed by atoms with Crippen LogP contribution in [0.3, 0.4) is 0 Å². The summed E-state index contributed by atoms with van der Waals surface area (Å²) in [6.07, 6.45) is 0. The smallest absolute Gasteiger partial charge is 0.289 e. The van der Waals surface area contributed by atoms with Gasteiger partial charge in [-0.1, -0.05) is 53.5 Å². The first-order valence-corrected chi connectivity index (χ1v) is 8.81. The molecule has 3 rings (SSSR count). The van der Waals surface area contributed by atoms with Gasteiger partial charge < -0.3 is 0 Å². The van der Waals surface area contributed by atoms with E-state index in [2.05, 4.69) is 20.8 Å². The standard InChI is InChI=1S/C18H17Cl2N5O/c1-2-25-16(13-8-9-14(19)15(20)10-13)22-17(23-18(25)26)24-21-11-12-6-4-3-5-7-12/h3-10,21H,2,11H2,1H3,(H,23,24,26). The zero-order valence-electron chi connectivity index (χ0n) is 14.0. The lowest BCUT2D eigenvalue weighted by atomic mass is 10.2.